The molecule has 5 N–H and O–H groups in total. The van der Waals surface area contributed by atoms with Crippen LogP contribution < -0.4 is 27.1 Å². The monoisotopic (exact) mass is 425 g/mol. The molecule has 0 aliphatic carbocycles. The van der Waals surface area contributed by atoms with Crippen LogP contribution in [-0.4, -0.2) is 16.7 Å². The van der Waals surface area contributed by atoms with Crippen LogP contribution in [0.2, 0.25) is 5.02 Å². The predicted molar refractivity (Wildman–Crippen MR) is 115 cm³/mol. The highest BCUT2D eigenvalue weighted by molar-refractivity contribution is 6.31. The Morgan fingerprint density at radius 3 is 2.70 bits per heavy atom. The molecule has 0 bridgehead atoms. The molecular formula is C20H17ClFN7O. The zero-order valence-electron chi connectivity index (χ0n) is 15.8. The number of amidine groups is 1. The van der Waals surface area contributed by atoms with Crippen LogP contribution in [-0.2, 0) is 4.79 Å². The van der Waals surface area contributed by atoms with Crippen LogP contribution in [0.25, 0.3) is 11.1 Å². The van der Waals surface area contributed by atoms with Gasteiger partial charge in [0.2, 0.25) is 5.91 Å². The minimum atomic E-state index is -0.598. The highest BCUT2D eigenvalue weighted by atomic mass is 35.5. The van der Waals surface area contributed by atoms with E-state index < -0.39 is 5.82 Å². The van der Waals surface area contributed by atoms with Gasteiger partial charge >= 0.3 is 0 Å². The number of aromatic nitrogens is 1. The largest absolute Gasteiger partial charge is 0.383 e. The molecule has 0 fully saturated rings. The Morgan fingerprint density at radius 1 is 1.20 bits per heavy atom. The molecule has 0 saturated carbocycles. The van der Waals surface area contributed by atoms with E-state index in [1.807, 2.05) is 12.1 Å². The van der Waals surface area contributed by atoms with E-state index in [9.17, 15) is 9.18 Å². The van der Waals surface area contributed by atoms with Crippen molar-refractivity contribution >= 4 is 40.5 Å². The summed E-state index contributed by atoms with van der Waals surface area (Å²) >= 11 is 5.91. The van der Waals surface area contributed by atoms with E-state index in [0.717, 1.165) is 11.1 Å². The average Bonchev–Trinajstić information content (AvgIpc) is 3.20. The smallest absolute Gasteiger partial charge is 0.221 e. The van der Waals surface area contributed by atoms with Crippen molar-refractivity contribution in [1.82, 2.24) is 16.1 Å². The second-order valence-corrected chi connectivity index (χ2v) is 6.89. The molecule has 3 aromatic rings. The minimum absolute atomic E-state index is 0.0142. The number of nitrogen functional groups attached to an aromatic ring is 1. The fraction of sp³-hybridized carbons (Fsp3) is 0.0500. The van der Waals surface area contributed by atoms with Crippen LogP contribution in [0.1, 0.15) is 12.5 Å². The second kappa shape index (κ2) is 7.97. The molecule has 152 valence electrons. The van der Waals surface area contributed by atoms with Crippen molar-refractivity contribution in [3.63, 3.8) is 0 Å². The fourth-order valence-corrected chi connectivity index (χ4v) is 3.18. The molecule has 2 aromatic carbocycles. The lowest BCUT2D eigenvalue weighted by Crippen LogP contribution is -2.42. The lowest BCUT2D eigenvalue weighted by molar-refractivity contribution is -0.114. The standard InChI is InChI=1S/C20H17ClFN7O/c1-11(30)25-14-7-5-12(6-8-14)13-9-15(19(23)24-10-13)20-26-27-28-29(20)17-4-2-3-16(21)18(17)22/h2-10,27-28H,1H3,(H2,23,24)(H,25,30). The first-order valence-electron chi connectivity index (χ1n) is 8.90. The van der Waals surface area contributed by atoms with E-state index >= 15 is 0 Å². The number of hydrogen-bond acceptors (Lipinski definition) is 7. The van der Waals surface area contributed by atoms with E-state index in [-0.39, 0.29) is 22.4 Å². The number of hydrogen-bond donors (Lipinski definition) is 4. The number of amides is 1. The summed E-state index contributed by atoms with van der Waals surface area (Å²) in [4.78, 5) is 15.5. The van der Waals surface area contributed by atoms with Gasteiger partial charge in [-0.1, -0.05) is 29.8 Å². The Balaban J connectivity index is 1.69. The van der Waals surface area contributed by atoms with Crippen molar-refractivity contribution in [2.75, 3.05) is 16.1 Å². The summed E-state index contributed by atoms with van der Waals surface area (Å²) in [5.74, 6) is -0.186. The van der Waals surface area contributed by atoms with Gasteiger partial charge in [0.1, 0.15) is 5.82 Å². The van der Waals surface area contributed by atoms with Gasteiger partial charge in [0.05, 0.1) is 16.3 Å². The van der Waals surface area contributed by atoms with Gasteiger partial charge in [-0.2, -0.15) is 0 Å². The van der Waals surface area contributed by atoms with Crippen molar-refractivity contribution < 1.29 is 9.18 Å². The molecule has 1 amide bonds. The van der Waals surface area contributed by atoms with Gasteiger partial charge in [-0.25, -0.2) is 19.9 Å². The number of hydrazine groups is 2. The molecule has 0 saturated heterocycles. The Labute approximate surface area is 176 Å². The van der Waals surface area contributed by atoms with Crippen LogP contribution in [0.5, 0.6) is 0 Å². The lowest BCUT2D eigenvalue weighted by atomic mass is 10.0. The van der Waals surface area contributed by atoms with Gasteiger partial charge in [-0.3, -0.25) is 4.79 Å². The Morgan fingerprint density at radius 2 is 1.97 bits per heavy atom. The molecule has 1 aliphatic rings. The first-order chi connectivity index (χ1) is 14.4. The topological polar surface area (TPSA) is 108 Å². The number of rotatable bonds is 4. The fourth-order valence-electron chi connectivity index (χ4n) is 3.01. The first kappa shape index (κ1) is 19.6. The number of halogens is 2. The van der Waals surface area contributed by atoms with Crippen molar-refractivity contribution in [3.8, 4) is 11.1 Å². The van der Waals surface area contributed by atoms with E-state index in [4.69, 9.17) is 17.3 Å². The first-order valence-corrected chi connectivity index (χ1v) is 9.28. The number of nitrogens with zero attached hydrogens (tertiary/aromatic N) is 3. The van der Waals surface area contributed by atoms with Gasteiger partial charge in [0.25, 0.3) is 0 Å². The number of nitrogens with two attached hydrogens (primary N) is 1. The molecule has 4 rings (SSSR count). The normalized spacial score (nSPS) is 13.0. The maximum atomic E-state index is 14.5. The number of pyridine rings is 1. The highest BCUT2D eigenvalue weighted by Gasteiger charge is 2.26. The molecule has 1 aromatic heterocycles. The lowest BCUT2D eigenvalue weighted by Gasteiger charge is -2.20. The van der Waals surface area contributed by atoms with Gasteiger partial charge < -0.3 is 11.1 Å². The minimum Gasteiger partial charge on any atom is -0.383 e. The second-order valence-electron chi connectivity index (χ2n) is 6.48. The molecule has 30 heavy (non-hydrogen) atoms. The van der Waals surface area contributed by atoms with Gasteiger partial charge in [0, 0.05) is 24.4 Å². The third-order valence-electron chi connectivity index (χ3n) is 4.41. The van der Waals surface area contributed by atoms with E-state index in [0.29, 0.717) is 17.1 Å². The molecule has 0 unspecified atom stereocenters. The van der Waals surface area contributed by atoms with Crippen LogP contribution in [0.3, 0.4) is 0 Å². The zero-order valence-corrected chi connectivity index (χ0v) is 16.5. The number of hydrazone groups is 1. The Kier molecular flexibility index (Phi) is 5.21. The zero-order chi connectivity index (χ0) is 21.3. The van der Waals surface area contributed by atoms with Crippen molar-refractivity contribution in [1.29, 1.82) is 0 Å². The number of carbonyl (C=O) groups excluding carboxylic acids is 1. The van der Waals surface area contributed by atoms with E-state index in [2.05, 4.69) is 26.5 Å². The quantitative estimate of drug-likeness (QED) is 0.511. The molecule has 0 spiro atoms. The van der Waals surface area contributed by atoms with Crippen molar-refractivity contribution in [2.45, 2.75) is 6.92 Å². The van der Waals surface area contributed by atoms with Crippen LogP contribution in [0.4, 0.5) is 21.6 Å². The summed E-state index contributed by atoms with van der Waals surface area (Å²) in [7, 11) is 0. The summed E-state index contributed by atoms with van der Waals surface area (Å²) in [5.41, 5.74) is 14.5. The van der Waals surface area contributed by atoms with E-state index in [1.54, 1.807) is 36.5 Å². The van der Waals surface area contributed by atoms with Gasteiger partial charge in [-0.15, -0.1) is 10.6 Å². The highest BCUT2D eigenvalue weighted by Crippen LogP contribution is 2.29. The van der Waals surface area contributed by atoms with Gasteiger partial charge in [-0.05, 0) is 35.9 Å². The summed E-state index contributed by atoms with van der Waals surface area (Å²) < 4.78 is 14.5. The number of anilines is 3. The van der Waals surface area contributed by atoms with E-state index in [1.165, 1.54) is 18.0 Å². The molecule has 0 atom stereocenters. The van der Waals surface area contributed by atoms with Crippen LogP contribution in [0.15, 0.2) is 59.8 Å². The SMILES string of the molecule is CC(=O)Nc1ccc(-c2cnc(N)c(C3=NNNN3c3cccc(Cl)c3F)c2)cc1. The van der Waals surface area contributed by atoms with Crippen molar-refractivity contribution in [2.24, 2.45) is 5.10 Å². The molecule has 1 aliphatic heterocycles. The molecule has 10 heteroatoms. The third kappa shape index (κ3) is 3.76. The third-order valence-corrected chi connectivity index (χ3v) is 4.70. The Hall–Kier alpha value is -3.69. The number of benzene rings is 2. The average molecular weight is 426 g/mol. The maximum Gasteiger partial charge on any atom is 0.221 e. The summed E-state index contributed by atoms with van der Waals surface area (Å²) in [5, 5.41) is 8.29. The molecule has 2 heterocycles. The molecule has 0 radical (unpaired) electrons. The molecular weight excluding hydrogens is 409 g/mol. The van der Waals surface area contributed by atoms with Crippen LogP contribution in [0, 0.1) is 5.82 Å². The number of nitrogens with one attached hydrogen (secondary N) is 3. The maximum absolute atomic E-state index is 14.5. The predicted octanol–water partition coefficient (Wildman–Crippen LogP) is 3.27. The van der Waals surface area contributed by atoms with Crippen LogP contribution >= 0.6 is 11.6 Å². The Bertz CT molecular complexity index is 1150. The summed E-state index contributed by atoms with van der Waals surface area (Å²) in [6.07, 6.45) is 1.63. The number of carbonyl (C=O) groups is 1. The van der Waals surface area contributed by atoms with Gasteiger partial charge in [0.15, 0.2) is 11.7 Å². The summed E-state index contributed by atoms with van der Waals surface area (Å²) in [6.45, 7) is 1.45. The summed E-state index contributed by atoms with van der Waals surface area (Å²) in [6, 6.07) is 13.7. The molecule has 8 nitrogen and oxygen atoms in total. The van der Waals surface area contributed by atoms with Crippen molar-refractivity contribution in [3.05, 3.63) is 71.1 Å².